The highest BCUT2D eigenvalue weighted by Crippen LogP contribution is 2.13. The Kier molecular flexibility index (Phi) is 4.24. The van der Waals surface area contributed by atoms with E-state index in [-0.39, 0.29) is 6.61 Å². The van der Waals surface area contributed by atoms with E-state index >= 15 is 0 Å². The quantitative estimate of drug-likeness (QED) is 0.778. The minimum absolute atomic E-state index is 0.232. The van der Waals surface area contributed by atoms with Crippen molar-refractivity contribution >= 4 is 11.8 Å². The van der Waals surface area contributed by atoms with Crippen molar-refractivity contribution in [1.82, 2.24) is 10.1 Å². The van der Waals surface area contributed by atoms with Crippen molar-refractivity contribution in [3.63, 3.8) is 0 Å². The number of aryl methyl sites for hydroxylation is 1. The summed E-state index contributed by atoms with van der Waals surface area (Å²) < 4.78 is 4.94. The molecule has 0 radical (unpaired) electrons. The van der Waals surface area contributed by atoms with Crippen molar-refractivity contribution in [3.05, 3.63) is 11.7 Å². The zero-order valence-electron chi connectivity index (χ0n) is 7.86. The van der Waals surface area contributed by atoms with Crippen LogP contribution in [0.15, 0.2) is 4.52 Å². The summed E-state index contributed by atoms with van der Waals surface area (Å²) in [6.07, 6.45) is 0. The second kappa shape index (κ2) is 5.24. The van der Waals surface area contributed by atoms with E-state index in [0.29, 0.717) is 17.6 Å². The maximum atomic E-state index is 8.77. The summed E-state index contributed by atoms with van der Waals surface area (Å²) in [5, 5.41) is 12.5. The van der Waals surface area contributed by atoms with Gasteiger partial charge < -0.3 is 9.63 Å². The first-order valence-electron chi connectivity index (χ1n) is 4.20. The van der Waals surface area contributed by atoms with Crippen molar-refractivity contribution in [1.29, 1.82) is 0 Å². The van der Waals surface area contributed by atoms with Crippen molar-refractivity contribution < 1.29 is 9.63 Å². The van der Waals surface area contributed by atoms with Gasteiger partial charge >= 0.3 is 0 Å². The second-order valence-electron chi connectivity index (χ2n) is 3.04. The third-order valence-corrected chi connectivity index (χ3v) is 2.77. The van der Waals surface area contributed by atoms with Crippen LogP contribution < -0.4 is 0 Å². The largest absolute Gasteiger partial charge is 0.396 e. The zero-order chi connectivity index (χ0) is 9.68. The molecule has 0 aromatic carbocycles. The molecule has 0 saturated carbocycles. The summed E-state index contributed by atoms with van der Waals surface area (Å²) in [4.78, 5) is 4.07. The first kappa shape index (κ1) is 10.5. The van der Waals surface area contributed by atoms with E-state index in [4.69, 9.17) is 9.63 Å². The standard InChI is InChI=1S/C8H14N2O2S/c1-6(3-11)4-13-5-8-9-7(2)10-12-8/h6,11H,3-5H2,1-2H3. The second-order valence-corrected chi connectivity index (χ2v) is 4.07. The summed E-state index contributed by atoms with van der Waals surface area (Å²) >= 11 is 1.70. The van der Waals surface area contributed by atoms with Gasteiger partial charge in [0.05, 0.1) is 5.75 Å². The lowest BCUT2D eigenvalue weighted by Crippen LogP contribution is -2.03. The molecule has 0 aliphatic rings. The number of aromatic nitrogens is 2. The molecule has 0 spiro atoms. The number of hydrogen-bond donors (Lipinski definition) is 1. The minimum atomic E-state index is 0.232. The lowest BCUT2D eigenvalue weighted by molar-refractivity contribution is 0.250. The number of rotatable bonds is 5. The molecule has 0 aliphatic carbocycles. The topological polar surface area (TPSA) is 59.2 Å². The normalized spacial score (nSPS) is 13.2. The highest BCUT2D eigenvalue weighted by molar-refractivity contribution is 7.98. The Morgan fingerprint density at radius 1 is 1.62 bits per heavy atom. The molecular formula is C8H14N2O2S. The minimum Gasteiger partial charge on any atom is -0.396 e. The van der Waals surface area contributed by atoms with Crippen LogP contribution in [-0.4, -0.2) is 27.6 Å². The van der Waals surface area contributed by atoms with Crippen molar-refractivity contribution in [2.45, 2.75) is 19.6 Å². The van der Waals surface area contributed by atoms with Gasteiger partial charge in [0.15, 0.2) is 5.82 Å². The highest BCUT2D eigenvalue weighted by Gasteiger charge is 2.04. The molecule has 1 unspecified atom stereocenters. The van der Waals surface area contributed by atoms with E-state index in [1.165, 1.54) is 0 Å². The Morgan fingerprint density at radius 2 is 2.38 bits per heavy atom. The summed E-state index contributed by atoms with van der Waals surface area (Å²) in [6, 6.07) is 0. The van der Waals surface area contributed by atoms with Gasteiger partial charge in [-0.3, -0.25) is 0 Å². The van der Waals surface area contributed by atoms with Crippen molar-refractivity contribution in [2.24, 2.45) is 5.92 Å². The summed E-state index contributed by atoms with van der Waals surface area (Å²) in [6.45, 7) is 4.04. The van der Waals surface area contributed by atoms with Gasteiger partial charge in [-0.1, -0.05) is 12.1 Å². The first-order chi connectivity index (χ1) is 6.22. The van der Waals surface area contributed by atoms with Crippen LogP contribution in [0, 0.1) is 12.8 Å². The monoisotopic (exact) mass is 202 g/mol. The predicted molar refractivity (Wildman–Crippen MR) is 51.4 cm³/mol. The average Bonchev–Trinajstić information content (AvgIpc) is 2.51. The molecule has 0 amide bonds. The van der Waals surface area contributed by atoms with Crippen LogP contribution in [0.2, 0.25) is 0 Å². The lowest BCUT2D eigenvalue weighted by atomic mass is 10.2. The number of aliphatic hydroxyl groups is 1. The number of aliphatic hydroxyl groups excluding tert-OH is 1. The molecule has 0 fully saturated rings. The molecule has 13 heavy (non-hydrogen) atoms. The van der Waals surface area contributed by atoms with Gasteiger partial charge in [0.25, 0.3) is 0 Å². The maximum absolute atomic E-state index is 8.77. The third kappa shape index (κ3) is 3.78. The Bertz CT molecular complexity index is 252. The van der Waals surface area contributed by atoms with Crippen LogP contribution >= 0.6 is 11.8 Å². The lowest BCUT2D eigenvalue weighted by Gasteiger charge is -2.04. The molecule has 0 bridgehead atoms. The molecule has 1 rings (SSSR count). The molecule has 1 heterocycles. The average molecular weight is 202 g/mol. The van der Waals surface area contributed by atoms with E-state index in [0.717, 1.165) is 11.5 Å². The summed E-state index contributed by atoms with van der Waals surface area (Å²) in [5.41, 5.74) is 0. The Hall–Kier alpha value is -0.550. The molecule has 74 valence electrons. The van der Waals surface area contributed by atoms with Crippen molar-refractivity contribution in [3.8, 4) is 0 Å². The van der Waals surface area contributed by atoms with Gasteiger partial charge in [-0.15, -0.1) is 0 Å². The predicted octanol–water partition coefficient (Wildman–Crippen LogP) is 1.24. The molecule has 0 aliphatic heterocycles. The van der Waals surface area contributed by atoms with Crippen LogP contribution in [0.4, 0.5) is 0 Å². The fraction of sp³-hybridized carbons (Fsp3) is 0.750. The number of thioether (sulfide) groups is 1. The van der Waals surface area contributed by atoms with Crippen LogP contribution in [0.3, 0.4) is 0 Å². The van der Waals surface area contributed by atoms with E-state index in [1.54, 1.807) is 18.7 Å². The smallest absolute Gasteiger partial charge is 0.236 e. The highest BCUT2D eigenvalue weighted by atomic mass is 32.2. The fourth-order valence-electron chi connectivity index (χ4n) is 0.799. The SMILES string of the molecule is Cc1noc(CSCC(C)CO)n1. The van der Waals surface area contributed by atoms with E-state index in [2.05, 4.69) is 10.1 Å². The first-order valence-corrected chi connectivity index (χ1v) is 5.35. The van der Waals surface area contributed by atoms with Crippen LogP contribution in [-0.2, 0) is 5.75 Å². The Morgan fingerprint density at radius 3 is 2.92 bits per heavy atom. The molecule has 4 nitrogen and oxygen atoms in total. The van der Waals surface area contributed by atoms with Gasteiger partial charge in [-0.05, 0) is 18.6 Å². The molecule has 1 aromatic heterocycles. The Labute approximate surface area is 81.7 Å². The van der Waals surface area contributed by atoms with Gasteiger partial charge in [0.1, 0.15) is 0 Å². The van der Waals surface area contributed by atoms with E-state index in [9.17, 15) is 0 Å². The molecular weight excluding hydrogens is 188 g/mol. The van der Waals surface area contributed by atoms with Crippen LogP contribution in [0.25, 0.3) is 0 Å². The zero-order valence-corrected chi connectivity index (χ0v) is 8.67. The maximum Gasteiger partial charge on any atom is 0.236 e. The third-order valence-electron chi connectivity index (χ3n) is 1.51. The molecule has 0 saturated heterocycles. The molecule has 1 N–H and O–H groups in total. The molecule has 1 atom stereocenters. The van der Waals surface area contributed by atoms with E-state index in [1.807, 2.05) is 6.92 Å². The van der Waals surface area contributed by atoms with Crippen LogP contribution in [0.5, 0.6) is 0 Å². The van der Waals surface area contributed by atoms with Gasteiger partial charge in [0, 0.05) is 6.61 Å². The van der Waals surface area contributed by atoms with Crippen LogP contribution in [0.1, 0.15) is 18.6 Å². The van der Waals surface area contributed by atoms with Gasteiger partial charge in [-0.25, -0.2) is 0 Å². The van der Waals surface area contributed by atoms with Crippen molar-refractivity contribution in [2.75, 3.05) is 12.4 Å². The number of hydrogen-bond acceptors (Lipinski definition) is 5. The summed E-state index contributed by atoms with van der Waals surface area (Å²) in [5.74, 6) is 3.30. The fourth-order valence-corrected chi connectivity index (χ4v) is 1.72. The number of nitrogens with zero attached hydrogens (tertiary/aromatic N) is 2. The van der Waals surface area contributed by atoms with Gasteiger partial charge in [0.2, 0.25) is 5.89 Å². The Balaban J connectivity index is 2.20. The molecule has 1 aromatic rings. The van der Waals surface area contributed by atoms with Gasteiger partial charge in [-0.2, -0.15) is 16.7 Å². The van der Waals surface area contributed by atoms with E-state index < -0.39 is 0 Å². The molecule has 5 heteroatoms. The summed E-state index contributed by atoms with van der Waals surface area (Å²) in [7, 11) is 0.